The van der Waals surface area contributed by atoms with Crippen molar-refractivity contribution in [2.75, 3.05) is 7.11 Å². The second-order valence-electron chi connectivity index (χ2n) is 1.82. The van der Waals surface area contributed by atoms with Gasteiger partial charge in [0.05, 0.1) is 7.11 Å². The molecule has 0 aliphatic heterocycles. The number of carboxylic acids is 1. The van der Waals surface area contributed by atoms with Crippen LogP contribution < -0.4 is 0 Å². The molecule has 0 aliphatic rings. The molecule has 0 bridgehead atoms. The molecule has 58 valence electrons. The summed E-state index contributed by atoms with van der Waals surface area (Å²) >= 11 is 0. The summed E-state index contributed by atoms with van der Waals surface area (Å²) in [6, 6.07) is 0. The molecular weight excluding hydrogens is 136 g/mol. The Bertz CT molecular complexity index is 141. The van der Waals surface area contributed by atoms with Gasteiger partial charge in [0.15, 0.2) is 5.92 Å². The van der Waals surface area contributed by atoms with Crippen molar-refractivity contribution in [3.8, 4) is 0 Å². The summed E-state index contributed by atoms with van der Waals surface area (Å²) in [5, 5.41) is 8.37. The smallest absolute Gasteiger partial charge is 0.320 e. The first-order valence-corrected chi connectivity index (χ1v) is 2.94. The lowest BCUT2D eigenvalue weighted by Gasteiger charge is -2.04. The van der Waals surface area contributed by atoms with Crippen LogP contribution in [-0.4, -0.2) is 24.2 Å². The van der Waals surface area contributed by atoms with Gasteiger partial charge in [0.1, 0.15) is 0 Å². The molecule has 0 radical (unpaired) electrons. The van der Waals surface area contributed by atoms with Crippen LogP contribution in [0, 0.1) is 5.92 Å². The standard InChI is InChI=1S/C6H10O4/c1-3-4(5(7)8)6(9)10-2/h4H,3H2,1-2H3,(H,7,8)/t4-/m1/s1. The van der Waals surface area contributed by atoms with Crippen molar-refractivity contribution in [3.05, 3.63) is 0 Å². The van der Waals surface area contributed by atoms with E-state index in [1.54, 1.807) is 6.92 Å². The maximum absolute atomic E-state index is 10.6. The van der Waals surface area contributed by atoms with Crippen LogP contribution in [-0.2, 0) is 14.3 Å². The van der Waals surface area contributed by atoms with Crippen LogP contribution in [0.3, 0.4) is 0 Å². The van der Waals surface area contributed by atoms with Gasteiger partial charge in [0, 0.05) is 0 Å². The molecule has 1 N–H and O–H groups in total. The van der Waals surface area contributed by atoms with Crippen LogP contribution in [0.25, 0.3) is 0 Å². The normalized spacial score (nSPS) is 12.2. The fraction of sp³-hybridized carbons (Fsp3) is 0.667. The van der Waals surface area contributed by atoms with Crippen LogP contribution >= 0.6 is 0 Å². The predicted molar refractivity (Wildman–Crippen MR) is 33.4 cm³/mol. The lowest BCUT2D eigenvalue weighted by atomic mass is 10.1. The molecule has 0 rings (SSSR count). The van der Waals surface area contributed by atoms with Gasteiger partial charge in [-0.2, -0.15) is 0 Å². The Hall–Kier alpha value is -1.06. The maximum atomic E-state index is 10.6. The highest BCUT2D eigenvalue weighted by atomic mass is 16.5. The maximum Gasteiger partial charge on any atom is 0.320 e. The van der Waals surface area contributed by atoms with Gasteiger partial charge in [0.2, 0.25) is 0 Å². The third-order valence-electron chi connectivity index (χ3n) is 1.19. The van der Waals surface area contributed by atoms with Gasteiger partial charge in [-0.3, -0.25) is 9.59 Å². The summed E-state index contributed by atoms with van der Waals surface area (Å²) in [4.78, 5) is 20.8. The molecule has 4 nitrogen and oxygen atoms in total. The minimum absolute atomic E-state index is 0.266. The average Bonchev–Trinajstić information content (AvgIpc) is 1.88. The SMILES string of the molecule is CC[C@H](C(=O)O)C(=O)OC. The fourth-order valence-corrected chi connectivity index (χ4v) is 0.584. The van der Waals surface area contributed by atoms with Gasteiger partial charge in [-0.1, -0.05) is 6.92 Å². The molecule has 0 saturated carbocycles. The zero-order chi connectivity index (χ0) is 8.15. The van der Waals surface area contributed by atoms with Crippen molar-refractivity contribution in [2.24, 2.45) is 5.92 Å². The molecule has 1 atom stereocenters. The fourth-order valence-electron chi connectivity index (χ4n) is 0.584. The molecule has 0 aromatic rings. The highest BCUT2D eigenvalue weighted by Gasteiger charge is 2.24. The molecule has 0 aliphatic carbocycles. The second kappa shape index (κ2) is 3.87. The number of hydrogen-bond donors (Lipinski definition) is 1. The number of hydrogen-bond acceptors (Lipinski definition) is 3. The molecule has 0 spiro atoms. The Morgan fingerprint density at radius 1 is 1.60 bits per heavy atom. The first-order chi connectivity index (χ1) is 4.63. The Labute approximate surface area is 58.8 Å². The zero-order valence-electron chi connectivity index (χ0n) is 5.96. The van der Waals surface area contributed by atoms with E-state index < -0.39 is 17.9 Å². The third-order valence-corrected chi connectivity index (χ3v) is 1.19. The topological polar surface area (TPSA) is 63.6 Å². The molecular formula is C6H10O4. The Balaban J connectivity index is 4.06. The van der Waals surface area contributed by atoms with Gasteiger partial charge in [-0.25, -0.2) is 0 Å². The van der Waals surface area contributed by atoms with Crippen LogP contribution in [0.15, 0.2) is 0 Å². The second-order valence-corrected chi connectivity index (χ2v) is 1.82. The summed E-state index contributed by atoms with van der Waals surface area (Å²) in [7, 11) is 1.17. The summed E-state index contributed by atoms with van der Waals surface area (Å²) in [6.45, 7) is 1.62. The molecule has 0 unspecified atom stereocenters. The third kappa shape index (κ3) is 2.05. The molecule has 0 aromatic heterocycles. The molecule has 10 heavy (non-hydrogen) atoms. The van der Waals surface area contributed by atoms with Crippen molar-refractivity contribution in [2.45, 2.75) is 13.3 Å². The van der Waals surface area contributed by atoms with Gasteiger partial charge < -0.3 is 9.84 Å². The Morgan fingerprint density at radius 2 is 2.10 bits per heavy atom. The molecule has 0 fully saturated rings. The van der Waals surface area contributed by atoms with E-state index in [1.807, 2.05) is 0 Å². The van der Waals surface area contributed by atoms with Gasteiger partial charge in [0.25, 0.3) is 0 Å². The van der Waals surface area contributed by atoms with Gasteiger partial charge >= 0.3 is 11.9 Å². The van der Waals surface area contributed by atoms with E-state index in [4.69, 9.17) is 5.11 Å². The van der Waals surface area contributed by atoms with Gasteiger partial charge in [-0.15, -0.1) is 0 Å². The number of carboxylic acid groups (broad SMARTS) is 1. The number of rotatable bonds is 3. The largest absolute Gasteiger partial charge is 0.481 e. The summed E-state index contributed by atoms with van der Waals surface area (Å²) in [5.74, 6) is -2.82. The van der Waals surface area contributed by atoms with E-state index in [9.17, 15) is 9.59 Å². The van der Waals surface area contributed by atoms with Gasteiger partial charge in [-0.05, 0) is 6.42 Å². The summed E-state index contributed by atoms with van der Waals surface area (Å²) < 4.78 is 4.24. The first kappa shape index (κ1) is 8.94. The predicted octanol–water partition coefficient (Wildman–Crippen LogP) is 0.270. The highest BCUT2D eigenvalue weighted by Crippen LogP contribution is 2.03. The minimum atomic E-state index is -1.13. The number of esters is 1. The van der Waals surface area contributed by atoms with Crippen molar-refractivity contribution >= 4 is 11.9 Å². The summed E-state index contributed by atoms with van der Waals surface area (Å²) in [5.41, 5.74) is 0. The number of carbonyl (C=O) groups is 2. The van der Waals surface area contributed by atoms with E-state index >= 15 is 0 Å². The van der Waals surface area contributed by atoms with E-state index in [0.717, 1.165) is 0 Å². The number of aliphatic carboxylic acids is 1. The van der Waals surface area contributed by atoms with Crippen LogP contribution in [0.5, 0.6) is 0 Å². The zero-order valence-corrected chi connectivity index (χ0v) is 5.96. The van der Waals surface area contributed by atoms with E-state index in [-0.39, 0.29) is 6.42 Å². The van der Waals surface area contributed by atoms with E-state index in [1.165, 1.54) is 7.11 Å². The molecule has 0 heterocycles. The lowest BCUT2D eigenvalue weighted by Crippen LogP contribution is -2.23. The number of carbonyl (C=O) groups excluding carboxylic acids is 1. The van der Waals surface area contributed by atoms with Crippen LogP contribution in [0.1, 0.15) is 13.3 Å². The lowest BCUT2D eigenvalue weighted by molar-refractivity contribution is -0.156. The first-order valence-electron chi connectivity index (χ1n) is 2.94. The van der Waals surface area contributed by atoms with Crippen LogP contribution in [0.2, 0.25) is 0 Å². The molecule has 0 aromatic carbocycles. The summed E-state index contributed by atoms with van der Waals surface area (Å²) in [6.07, 6.45) is 0.266. The number of methoxy groups -OCH3 is 1. The van der Waals surface area contributed by atoms with Crippen molar-refractivity contribution < 1.29 is 19.4 Å². The van der Waals surface area contributed by atoms with Crippen LogP contribution in [0.4, 0.5) is 0 Å². The van der Waals surface area contributed by atoms with E-state index in [2.05, 4.69) is 4.74 Å². The highest BCUT2D eigenvalue weighted by molar-refractivity contribution is 5.93. The monoisotopic (exact) mass is 146 g/mol. The van der Waals surface area contributed by atoms with Crippen molar-refractivity contribution in [1.29, 1.82) is 0 Å². The molecule has 0 saturated heterocycles. The van der Waals surface area contributed by atoms with E-state index in [0.29, 0.717) is 0 Å². The molecule has 0 amide bonds. The Morgan fingerprint density at radius 3 is 2.20 bits per heavy atom. The average molecular weight is 146 g/mol. The minimum Gasteiger partial charge on any atom is -0.481 e. The quantitative estimate of drug-likeness (QED) is 0.458. The number of ether oxygens (including phenoxy) is 1. The van der Waals surface area contributed by atoms with Crippen molar-refractivity contribution in [1.82, 2.24) is 0 Å². The molecule has 4 heteroatoms. The van der Waals surface area contributed by atoms with Crippen molar-refractivity contribution in [3.63, 3.8) is 0 Å². The Kier molecular flexibility index (Phi) is 3.46.